The summed E-state index contributed by atoms with van der Waals surface area (Å²) in [6.45, 7) is 13.2. The Bertz CT molecular complexity index is 385. The quantitative estimate of drug-likeness (QED) is 0.841. The van der Waals surface area contributed by atoms with Crippen molar-refractivity contribution in [3.63, 3.8) is 0 Å². The molecule has 1 aromatic rings. The molecule has 0 radical (unpaired) electrons. The van der Waals surface area contributed by atoms with Crippen LogP contribution in [0.3, 0.4) is 0 Å². The molecule has 96 valence electrons. The first-order valence-corrected chi connectivity index (χ1v) is 6.54. The minimum atomic E-state index is 0.202. The van der Waals surface area contributed by atoms with Gasteiger partial charge in [-0.3, -0.25) is 0 Å². The molecule has 0 spiro atoms. The van der Waals surface area contributed by atoms with E-state index in [9.17, 15) is 0 Å². The average Bonchev–Trinajstić information content (AvgIpc) is 2.19. The molecule has 1 rings (SSSR count). The van der Waals surface area contributed by atoms with E-state index in [4.69, 9.17) is 5.73 Å². The van der Waals surface area contributed by atoms with Gasteiger partial charge in [-0.25, -0.2) is 0 Å². The molecule has 0 aliphatic heterocycles. The molecular weight excluding hydrogens is 206 g/mol. The number of benzene rings is 1. The largest absolute Gasteiger partial charge is 0.327 e. The fourth-order valence-electron chi connectivity index (χ4n) is 2.03. The number of hydrogen-bond donors (Lipinski definition) is 1. The Morgan fingerprint density at radius 2 is 1.53 bits per heavy atom. The molecular formula is C16H27N. The molecule has 0 aliphatic carbocycles. The lowest BCUT2D eigenvalue weighted by Crippen LogP contribution is -2.35. The van der Waals surface area contributed by atoms with Gasteiger partial charge in [-0.2, -0.15) is 0 Å². The average molecular weight is 233 g/mol. The van der Waals surface area contributed by atoms with E-state index in [1.165, 1.54) is 22.3 Å². The molecule has 17 heavy (non-hydrogen) atoms. The van der Waals surface area contributed by atoms with Crippen molar-refractivity contribution in [1.29, 1.82) is 0 Å². The van der Waals surface area contributed by atoms with Crippen LogP contribution in [-0.2, 0) is 6.42 Å². The summed E-state index contributed by atoms with van der Waals surface area (Å²) >= 11 is 0. The zero-order valence-corrected chi connectivity index (χ0v) is 12.2. The van der Waals surface area contributed by atoms with Crippen LogP contribution in [0.1, 0.15) is 49.4 Å². The van der Waals surface area contributed by atoms with Crippen molar-refractivity contribution in [1.82, 2.24) is 0 Å². The van der Waals surface area contributed by atoms with E-state index in [1.54, 1.807) is 0 Å². The zero-order chi connectivity index (χ0) is 13.2. The molecule has 0 amide bonds. The smallest absolute Gasteiger partial charge is 0.00908 e. The van der Waals surface area contributed by atoms with E-state index >= 15 is 0 Å². The highest BCUT2D eigenvalue weighted by molar-refractivity contribution is 5.36. The molecule has 1 unspecified atom stereocenters. The Morgan fingerprint density at radius 3 is 2.06 bits per heavy atom. The maximum atomic E-state index is 6.22. The van der Waals surface area contributed by atoms with Gasteiger partial charge in [0, 0.05) is 6.04 Å². The molecule has 1 aromatic carbocycles. The van der Waals surface area contributed by atoms with Crippen molar-refractivity contribution in [2.75, 3.05) is 0 Å². The topological polar surface area (TPSA) is 26.0 Å². The van der Waals surface area contributed by atoms with E-state index in [0.717, 1.165) is 12.8 Å². The second-order valence-corrected chi connectivity index (χ2v) is 6.37. The molecule has 0 bridgehead atoms. The van der Waals surface area contributed by atoms with Crippen LogP contribution in [0.2, 0.25) is 0 Å². The molecule has 0 saturated carbocycles. The first-order valence-electron chi connectivity index (χ1n) is 6.54. The predicted molar refractivity (Wildman–Crippen MR) is 76.4 cm³/mol. The Kier molecular flexibility index (Phi) is 4.37. The van der Waals surface area contributed by atoms with Gasteiger partial charge in [-0.15, -0.1) is 0 Å². The predicted octanol–water partition coefficient (Wildman–Crippen LogP) is 3.92. The fourth-order valence-corrected chi connectivity index (χ4v) is 2.03. The van der Waals surface area contributed by atoms with Gasteiger partial charge in [0.05, 0.1) is 0 Å². The molecule has 0 aliphatic rings. The maximum Gasteiger partial charge on any atom is 0.00908 e. The second kappa shape index (κ2) is 5.22. The molecule has 0 aromatic heterocycles. The minimum Gasteiger partial charge on any atom is -0.327 e. The van der Waals surface area contributed by atoms with Crippen LogP contribution in [0.5, 0.6) is 0 Å². The van der Waals surface area contributed by atoms with Crippen molar-refractivity contribution < 1.29 is 0 Å². The lowest BCUT2D eigenvalue weighted by molar-refractivity contribution is 0.306. The van der Waals surface area contributed by atoms with Crippen LogP contribution < -0.4 is 5.73 Å². The van der Waals surface area contributed by atoms with Gasteiger partial charge in [0.25, 0.3) is 0 Å². The summed E-state index contributed by atoms with van der Waals surface area (Å²) < 4.78 is 0. The lowest BCUT2D eigenvalue weighted by atomic mass is 9.83. The minimum absolute atomic E-state index is 0.202. The molecule has 0 heterocycles. The Balaban J connectivity index is 2.73. The molecule has 1 atom stereocenters. The van der Waals surface area contributed by atoms with E-state index < -0.39 is 0 Å². The van der Waals surface area contributed by atoms with Crippen LogP contribution in [0.15, 0.2) is 12.1 Å². The van der Waals surface area contributed by atoms with Gasteiger partial charge in [0.1, 0.15) is 0 Å². The highest BCUT2D eigenvalue weighted by atomic mass is 14.7. The molecule has 2 N–H and O–H groups in total. The van der Waals surface area contributed by atoms with Gasteiger partial charge in [-0.1, -0.05) is 32.9 Å². The van der Waals surface area contributed by atoms with Gasteiger partial charge in [0.2, 0.25) is 0 Å². The highest BCUT2D eigenvalue weighted by Crippen LogP contribution is 2.23. The Labute approximate surface area is 106 Å². The van der Waals surface area contributed by atoms with Gasteiger partial charge >= 0.3 is 0 Å². The second-order valence-electron chi connectivity index (χ2n) is 6.37. The normalized spacial score (nSPS) is 13.8. The first-order chi connectivity index (χ1) is 7.71. The number of rotatable bonds is 3. The summed E-state index contributed by atoms with van der Waals surface area (Å²) in [5, 5.41) is 0. The van der Waals surface area contributed by atoms with Crippen LogP contribution in [-0.4, -0.2) is 6.04 Å². The first kappa shape index (κ1) is 14.2. The third kappa shape index (κ3) is 3.85. The molecule has 1 heteroatoms. The summed E-state index contributed by atoms with van der Waals surface area (Å²) in [5.74, 6) is 0. The van der Waals surface area contributed by atoms with Crippen LogP contribution >= 0.6 is 0 Å². The fraction of sp³-hybridized carbons (Fsp3) is 0.625. The Morgan fingerprint density at radius 1 is 1.00 bits per heavy atom. The molecule has 0 saturated heterocycles. The van der Waals surface area contributed by atoms with E-state index in [-0.39, 0.29) is 11.5 Å². The van der Waals surface area contributed by atoms with E-state index in [0.29, 0.717) is 0 Å². The van der Waals surface area contributed by atoms with Crippen molar-refractivity contribution in [2.24, 2.45) is 11.1 Å². The third-order valence-electron chi connectivity index (χ3n) is 3.79. The zero-order valence-electron chi connectivity index (χ0n) is 12.2. The number of hydrogen-bond acceptors (Lipinski definition) is 1. The standard InChI is InChI=1S/C16H27N/c1-11-9-13(3)14(10-12(11)2)7-8-15(17)16(4,5)6/h9-10,15H,7-8,17H2,1-6H3. The maximum absolute atomic E-state index is 6.22. The summed E-state index contributed by atoms with van der Waals surface area (Å²) in [5.41, 5.74) is 12.0. The summed E-state index contributed by atoms with van der Waals surface area (Å²) in [7, 11) is 0. The summed E-state index contributed by atoms with van der Waals surface area (Å²) in [6.07, 6.45) is 2.15. The van der Waals surface area contributed by atoms with Gasteiger partial charge in [0.15, 0.2) is 0 Å². The van der Waals surface area contributed by atoms with Crippen molar-refractivity contribution in [3.8, 4) is 0 Å². The monoisotopic (exact) mass is 233 g/mol. The van der Waals surface area contributed by atoms with Crippen molar-refractivity contribution >= 4 is 0 Å². The lowest BCUT2D eigenvalue weighted by Gasteiger charge is -2.27. The van der Waals surface area contributed by atoms with Gasteiger partial charge in [-0.05, 0) is 61.3 Å². The van der Waals surface area contributed by atoms with Crippen LogP contribution in [0.25, 0.3) is 0 Å². The third-order valence-corrected chi connectivity index (χ3v) is 3.79. The van der Waals surface area contributed by atoms with E-state index in [1.807, 2.05) is 0 Å². The van der Waals surface area contributed by atoms with Crippen molar-refractivity contribution in [3.05, 3.63) is 34.4 Å². The number of aryl methyl sites for hydroxylation is 4. The number of nitrogens with two attached hydrogens (primary N) is 1. The summed E-state index contributed by atoms with van der Waals surface area (Å²) in [4.78, 5) is 0. The van der Waals surface area contributed by atoms with Crippen molar-refractivity contribution in [2.45, 2.75) is 60.4 Å². The molecule has 1 nitrogen and oxygen atoms in total. The summed E-state index contributed by atoms with van der Waals surface area (Å²) in [6, 6.07) is 4.87. The highest BCUT2D eigenvalue weighted by Gasteiger charge is 2.20. The van der Waals surface area contributed by atoms with Crippen LogP contribution in [0.4, 0.5) is 0 Å². The van der Waals surface area contributed by atoms with Gasteiger partial charge < -0.3 is 5.73 Å². The Hall–Kier alpha value is -0.820. The van der Waals surface area contributed by atoms with E-state index in [2.05, 4.69) is 53.7 Å². The molecule has 0 fully saturated rings. The van der Waals surface area contributed by atoms with Crippen LogP contribution in [0, 0.1) is 26.2 Å². The SMILES string of the molecule is Cc1cc(C)c(CCC(N)C(C)(C)C)cc1C.